The molecule has 2 aromatic rings. The maximum absolute atomic E-state index is 5.93. The van der Waals surface area contributed by atoms with Crippen molar-refractivity contribution in [2.75, 3.05) is 5.73 Å². The van der Waals surface area contributed by atoms with Crippen molar-refractivity contribution < 1.29 is 0 Å². The van der Waals surface area contributed by atoms with Crippen molar-refractivity contribution in [2.24, 2.45) is 0 Å². The van der Waals surface area contributed by atoms with Gasteiger partial charge in [0.15, 0.2) is 0 Å². The number of anilines is 1. The lowest BCUT2D eigenvalue weighted by atomic mass is 10.0. The van der Waals surface area contributed by atoms with Gasteiger partial charge in [-0.15, -0.1) is 0 Å². The van der Waals surface area contributed by atoms with Gasteiger partial charge < -0.3 is 5.73 Å². The Bertz CT molecular complexity index is 558. The predicted octanol–water partition coefficient (Wildman–Crippen LogP) is 3.42. The Morgan fingerprint density at radius 1 is 1.35 bits per heavy atom. The summed E-state index contributed by atoms with van der Waals surface area (Å²) in [5, 5.41) is 5.09. The molecule has 0 bridgehead atoms. The Morgan fingerprint density at radius 2 is 2.06 bits per heavy atom. The minimum absolute atomic E-state index is 0.590. The molecule has 0 aliphatic carbocycles. The molecule has 0 aliphatic rings. The number of halogens is 1. The number of aromatic nitrogens is 2. The second kappa shape index (κ2) is 4.41. The van der Waals surface area contributed by atoms with E-state index in [9.17, 15) is 0 Å². The van der Waals surface area contributed by atoms with Crippen LogP contribution in [-0.2, 0) is 6.54 Å². The van der Waals surface area contributed by atoms with E-state index in [0.29, 0.717) is 10.7 Å². The SMILES string of the molecule is CCn1nc(C)c(-c2ccc(Cl)c(N)c2)c1C. The van der Waals surface area contributed by atoms with Crippen molar-refractivity contribution in [1.29, 1.82) is 0 Å². The third-order valence-electron chi connectivity index (χ3n) is 2.97. The molecule has 0 fully saturated rings. The Morgan fingerprint density at radius 3 is 2.59 bits per heavy atom. The first-order chi connectivity index (χ1) is 8.04. The Hall–Kier alpha value is -1.48. The van der Waals surface area contributed by atoms with Crippen LogP contribution in [-0.4, -0.2) is 9.78 Å². The zero-order chi connectivity index (χ0) is 12.6. The van der Waals surface area contributed by atoms with Crippen molar-refractivity contribution >= 4 is 17.3 Å². The first kappa shape index (κ1) is 12.0. The molecule has 0 saturated heterocycles. The van der Waals surface area contributed by atoms with E-state index in [1.54, 1.807) is 0 Å². The standard InChI is InChI=1S/C13H16ClN3/c1-4-17-9(3)13(8(2)16-17)10-5-6-11(14)12(15)7-10/h5-7H,4,15H2,1-3H3. The van der Waals surface area contributed by atoms with Crippen molar-refractivity contribution in [2.45, 2.75) is 27.3 Å². The molecule has 0 aliphatic heterocycles. The fourth-order valence-electron chi connectivity index (χ4n) is 2.12. The maximum Gasteiger partial charge on any atom is 0.0674 e. The molecule has 17 heavy (non-hydrogen) atoms. The number of nitrogens with two attached hydrogens (primary N) is 1. The molecule has 1 heterocycles. The molecule has 3 nitrogen and oxygen atoms in total. The third-order valence-corrected chi connectivity index (χ3v) is 3.31. The van der Waals surface area contributed by atoms with Crippen LogP contribution in [0.1, 0.15) is 18.3 Å². The molecule has 90 valence electrons. The number of rotatable bonds is 2. The van der Waals surface area contributed by atoms with Gasteiger partial charge in [-0.2, -0.15) is 5.10 Å². The van der Waals surface area contributed by atoms with Crippen molar-refractivity contribution in [1.82, 2.24) is 9.78 Å². The van der Waals surface area contributed by atoms with Crippen LogP contribution in [0.25, 0.3) is 11.1 Å². The van der Waals surface area contributed by atoms with Gasteiger partial charge in [-0.3, -0.25) is 4.68 Å². The van der Waals surface area contributed by atoms with Crippen molar-refractivity contribution in [3.05, 3.63) is 34.6 Å². The molecule has 1 aromatic heterocycles. The van der Waals surface area contributed by atoms with Crippen molar-refractivity contribution in [3.63, 3.8) is 0 Å². The van der Waals surface area contributed by atoms with Gasteiger partial charge in [0.2, 0.25) is 0 Å². The van der Waals surface area contributed by atoms with Crippen molar-refractivity contribution in [3.8, 4) is 11.1 Å². The number of hydrogen-bond donors (Lipinski definition) is 1. The first-order valence-corrected chi connectivity index (χ1v) is 6.01. The summed E-state index contributed by atoms with van der Waals surface area (Å²) in [6.07, 6.45) is 0. The van der Waals surface area contributed by atoms with Gasteiger partial charge >= 0.3 is 0 Å². The van der Waals surface area contributed by atoms with Gasteiger partial charge in [0.25, 0.3) is 0 Å². The molecule has 2 N–H and O–H groups in total. The van der Waals surface area contributed by atoms with Gasteiger partial charge in [-0.05, 0) is 38.5 Å². The molecule has 0 radical (unpaired) electrons. The Balaban J connectivity index is 2.60. The van der Waals surface area contributed by atoms with Gasteiger partial charge in [0, 0.05) is 17.8 Å². The summed E-state index contributed by atoms with van der Waals surface area (Å²) in [6, 6.07) is 5.71. The number of hydrogen-bond acceptors (Lipinski definition) is 2. The van der Waals surface area contributed by atoms with E-state index in [1.165, 1.54) is 0 Å². The normalized spacial score (nSPS) is 10.8. The van der Waals surface area contributed by atoms with Crippen LogP contribution in [0.4, 0.5) is 5.69 Å². The zero-order valence-electron chi connectivity index (χ0n) is 10.3. The lowest BCUT2D eigenvalue weighted by Gasteiger charge is -2.05. The van der Waals surface area contributed by atoms with Gasteiger partial charge in [0.1, 0.15) is 0 Å². The minimum atomic E-state index is 0.590. The number of benzene rings is 1. The van der Waals surface area contributed by atoms with Crippen LogP contribution in [0, 0.1) is 13.8 Å². The maximum atomic E-state index is 5.93. The largest absolute Gasteiger partial charge is 0.398 e. The number of aryl methyl sites for hydroxylation is 2. The highest BCUT2D eigenvalue weighted by atomic mass is 35.5. The highest BCUT2D eigenvalue weighted by molar-refractivity contribution is 6.33. The number of nitrogens with zero attached hydrogens (tertiary/aromatic N) is 2. The molecular formula is C13H16ClN3. The second-order valence-corrected chi connectivity index (χ2v) is 4.51. The molecule has 4 heteroatoms. The van der Waals surface area contributed by atoms with Crippen LogP contribution in [0.5, 0.6) is 0 Å². The lowest BCUT2D eigenvalue weighted by Crippen LogP contribution is -1.98. The van der Waals surface area contributed by atoms with E-state index in [1.807, 2.05) is 29.8 Å². The average Bonchev–Trinajstić information content (AvgIpc) is 2.58. The summed E-state index contributed by atoms with van der Waals surface area (Å²) in [5.74, 6) is 0. The van der Waals surface area contributed by atoms with E-state index >= 15 is 0 Å². The van der Waals surface area contributed by atoms with Crippen LogP contribution in [0.15, 0.2) is 18.2 Å². The minimum Gasteiger partial charge on any atom is -0.398 e. The average molecular weight is 250 g/mol. The first-order valence-electron chi connectivity index (χ1n) is 5.64. The fourth-order valence-corrected chi connectivity index (χ4v) is 2.24. The monoisotopic (exact) mass is 249 g/mol. The highest BCUT2D eigenvalue weighted by Crippen LogP contribution is 2.31. The zero-order valence-corrected chi connectivity index (χ0v) is 11.0. The summed E-state index contributed by atoms with van der Waals surface area (Å²) in [4.78, 5) is 0. The second-order valence-electron chi connectivity index (χ2n) is 4.10. The topological polar surface area (TPSA) is 43.8 Å². The molecule has 0 saturated carbocycles. The van der Waals surface area contributed by atoms with Crippen LogP contribution < -0.4 is 5.73 Å². The Kier molecular flexibility index (Phi) is 3.11. The molecule has 2 rings (SSSR count). The van der Waals surface area contributed by atoms with Gasteiger partial charge in [-0.1, -0.05) is 17.7 Å². The summed E-state index contributed by atoms with van der Waals surface area (Å²) in [5.41, 5.74) is 10.8. The van der Waals surface area contributed by atoms with E-state index in [2.05, 4.69) is 18.9 Å². The van der Waals surface area contributed by atoms with Crippen LogP contribution >= 0.6 is 11.6 Å². The summed E-state index contributed by atoms with van der Waals surface area (Å²) in [7, 11) is 0. The third kappa shape index (κ3) is 2.03. The molecule has 0 unspecified atom stereocenters. The van der Waals surface area contributed by atoms with Gasteiger partial charge in [-0.25, -0.2) is 0 Å². The van der Waals surface area contributed by atoms with E-state index in [0.717, 1.165) is 29.1 Å². The Labute approximate surface area is 106 Å². The fraction of sp³-hybridized carbons (Fsp3) is 0.308. The van der Waals surface area contributed by atoms with Crippen LogP contribution in [0.2, 0.25) is 5.02 Å². The smallest absolute Gasteiger partial charge is 0.0674 e. The number of nitrogen functional groups attached to an aromatic ring is 1. The molecule has 0 amide bonds. The molecular weight excluding hydrogens is 234 g/mol. The lowest BCUT2D eigenvalue weighted by molar-refractivity contribution is 0.634. The summed E-state index contributed by atoms with van der Waals surface area (Å²) in [6.45, 7) is 7.04. The quantitative estimate of drug-likeness (QED) is 0.829. The van der Waals surface area contributed by atoms with E-state index in [4.69, 9.17) is 17.3 Å². The van der Waals surface area contributed by atoms with E-state index < -0.39 is 0 Å². The van der Waals surface area contributed by atoms with E-state index in [-0.39, 0.29) is 0 Å². The summed E-state index contributed by atoms with van der Waals surface area (Å²) < 4.78 is 2.00. The summed E-state index contributed by atoms with van der Waals surface area (Å²) >= 11 is 5.93. The molecule has 0 atom stereocenters. The van der Waals surface area contributed by atoms with Crippen LogP contribution in [0.3, 0.4) is 0 Å². The van der Waals surface area contributed by atoms with Gasteiger partial charge in [0.05, 0.1) is 16.4 Å². The molecule has 1 aromatic carbocycles. The molecule has 0 spiro atoms. The predicted molar refractivity (Wildman–Crippen MR) is 72.2 cm³/mol. The highest BCUT2D eigenvalue weighted by Gasteiger charge is 2.13.